The Morgan fingerprint density at radius 3 is 2.19 bits per heavy atom. The molecule has 1 aliphatic carbocycles. The quantitative estimate of drug-likeness (QED) is 0.233. The summed E-state index contributed by atoms with van der Waals surface area (Å²) in [5, 5.41) is 0. The lowest BCUT2D eigenvalue weighted by molar-refractivity contribution is 0.446. The molecule has 0 fully saturated rings. The summed E-state index contributed by atoms with van der Waals surface area (Å²) in [6.45, 7) is 1.75. The third-order valence-electron chi connectivity index (χ3n) is 5.86. The Morgan fingerprint density at radius 2 is 1.50 bits per heavy atom. The zero-order valence-corrected chi connectivity index (χ0v) is 17.1. The molecule has 0 N–H and O–H groups in total. The van der Waals surface area contributed by atoms with Gasteiger partial charge in [0.1, 0.15) is 5.82 Å². The molecule has 0 spiro atoms. The van der Waals surface area contributed by atoms with Gasteiger partial charge in [0.05, 0.1) is 5.56 Å². The minimum atomic E-state index is -1.59. The van der Waals surface area contributed by atoms with E-state index >= 15 is 0 Å². The van der Waals surface area contributed by atoms with Gasteiger partial charge in [-0.05, 0) is 78.1 Å². The van der Waals surface area contributed by atoms with E-state index in [0.29, 0.717) is 36.8 Å². The number of benzene rings is 3. The van der Waals surface area contributed by atoms with E-state index in [9.17, 15) is 26.3 Å². The van der Waals surface area contributed by atoms with Gasteiger partial charge in [0, 0.05) is 5.56 Å². The van der Waals surface area contributed by atoms with Crippen LogP contribution in [0.2, 0.25) is 0 Å². The van der Waals surface area contributed by atoms with Crippen molar-refractivity contribution < 1.29 is 26.3 Å². The van der Waals surface area contributed by atoms with E-state index < -0.39 is 34.9 Å². The van der Waals surface area contributed by atoms with E-state index in [2.05, 4.69) is 11.8 Å². The van der Waals surface area contributed by atoms with E-state index in [1.54, 1.807) is 25.1 Å². The van der Waals surface area contributed by atoms with Crippen LogP contribution in [0, 0.1) is 46.7 Å². The third kappa shape index (κ3) is 4.12. The fraction of sp³-hybridized carbons (Fsp3) is 0.231. The van der Waals surface area contributed by atoms with Gasteiger partial charge >= 0.3 is 0 Å². The molecule has 0 aliphatic heterocycles. The van der Waals surface area contributed by atoms with Crippen LogP contribution in [0.3, 0.4) is 0 Å². The maximum atomic E-state index is 14.6. The summed E-state index contributed by atoms with van der Waals surface area (Å²) in [7, 11) is 0. The van der Waals surface area contributed by atoms with Crippen LogP contribution >= 0.6 is 0 Å². The highest BCUT2D eigenvalue weighted by Crippen LogP contribution is 2.36. The number of halogens is 6. The van der Waals surface area contributed by atoms with Crippen molar-refractivity contribution in [2.24, 2.45) is 0 Å². The molecular formula is C26H18F6. The zero-order chi connectivity index (χ0) is 23.0. The molecule has 0 bridgehead atoms. The van der Waals surface area contributed by atoms with Crippen molar-refractivity contribution in [2.75, 3.05) is 0 Å². The molecule has 0 saturated carbocycles. The number of hydrogen-bond acceptors (Lipinski definition) is 0. The van der Waals surface area contributed by atoms with Gasteiger partial charge in [0.25, 0.3) is 0 Å². The molecule has 0 amide bonds. The first kappa shape index (κ1) is 22.0. The lowest BCUT2D eigenvalue weighted by Gasteiger charge is -2.26. The molecule has 0 nitrogen and oxygen atoms in total. The Bertz CT molecular complexity index is 1240. The number of aryl methyl sites for hydroxylation is 2. The van der Waals surface area contributed by atoms with Gasteiger partial charge in [0.2, 0.25) is 0 Å². The van der Waals surface area contributed by atoms with Crippen molar-refractivity contribution in [3.8, 4) is 11.8 Å². The molecule has 0 saturated heterocycles. The van der Waals surface area contributed by atoms with Crippen LogP contribution in [-0.4, -0.2) is 0 Å². The van der Waals surface area contributed by atoms with Gasteiger partial charge in [-0.3, -0.25) is 0 Å². The van der Waals surface area contributed by atoms with Crippen molar-refractivity contribution in [2.45, 2.75) is 38.5 Å². The second-order valence-corrected chi connectivity index (χ2v) is 7.84. The summed E-state index contributed by atoms with van der Waals surface area (Å²) in [5.74, 6) is -1.94. The molecule has 4 rings (SSSR count). The van der Waals surface area contributed by atoms with Gasteiger partial charge in [-0.2, -0.15) is 0 Å². The van der Waals surface area contributed by atoms with E-state index in [4.69, 9.17) is 0 Å². The molecule has 1 unspecified atom stereocenters. The molecule has 1 atom stereocenters. The largest absolute Gasteiger partial charge is 0.206 e. The second-order valence-electron chi connectivity index (χ2n) is 7.84. The molecule has 3 aromatic carbocycles. The topological polar surface area (TPSA) is 0 Å². The van der Waals surface area contributed by atoms with E-state index in [1.165, 1.54) is 6.07 Å². The van der Waals surface area contributed by atoms with Crippen LogP contribution in [0.5, 0.6) is 0 Å². The summed E-state index contributed by atoms with van der Waals surface area (Å²) in [6, 6.07) is 7.54. The molecular weight excluding hydrogens is 426 g/mol. The van der Waals surface area contributed by atoms with E-state index in [1.807, 2.05) is 0 Å². The van der Waals surface area contributed by atoms with Gasteiger partial charge in [-0.25, -0.2) is 26.3 Å². The standard InChI is InChI=1S/C26H18F6/c1-2-15-7-8-20(25(31)24(15)30)17-6-5-16-11-18(21(27)13-19(16)12-17)4-3-14-9-22(28)26(32)23(29)10-14/h7-11,13,17H,2,5-6,12H2,1H3. The SMILES string of the molecule is CCc1ccc(C2CCc3cc(C#Cc4cc(F)c(F)c(F)c4)c(F)cc3C2)c(F)c1F. The molecule has 164 valence electrons. The van der Waals surface area contributed by atoms with Gasteiger partial charge in [-0.1, -0.05) is 30.9 Å². The van der Waals surface area contributed by atoms with Crippen LogP contribution in [0.1, 0.15) is 52.6 Å². The number of rotatable bonds is 2. The lowest BCUT2D eigenvalue weighted by Crippen LogP contribution is -2.16. The molecule has 6 heteroatoms. The fourth-order valence-electron chi connectivity index (χ4n) is 4.10. The zero-order valence-electron chi connectivity index (χ0n) is 17.1. The maximum absolute atomic E-state index is 14.6. The average Bonchev–Trinajstić information content (AvgIpc) is 2.77. The Kier molecular flexibility index (Phi) is 6.01. The molecule has 1 aliphatic rings. The van der Waals surface area contributed by atoms with Gasteiger partial charge in [-0.15, -0.1) is 0 Å². The van der Waals surface area contributed by atoms with Crippen LogP contribution in [0.15, 0.2) is 36.4 Å². The van der Waals surface area contributed by atoms with Gasteiger partial charge in [0.15, 0.2) is 29.1 Å². The molecule has 0 radical (unpaired) electrons. The summed E-state index contributed by atoms with van der Waals surface area (Å²) in [5.41, 5.74) is 2.04. The van der Waals surface area contributed by atoms with Crippen molar-refractivity contribution in [3.05, 3.63) is 105 Å². The Labute approximate surface area is 181 Å². The predicted octanol–water partition coefficient (Wildman–Crippen LogP) is 6.76. The smallest absolute Gasteiger partial charge is 0.194 e. The van der Waals surface area contributed by atoms with Crippen LogP contribution in [-0.2, 0) is 19.3 Å². The first-order valence-corrected chi connectivity index (χ1v) is 10.2. The third-order valence-corrected chi connectivity index (χ3v) is 5.86. The van der Waals surface area contributed by atoms with Crippen molar-refractivity contribution >= 4 is 0 Å². The van der Waals surface area contributed by atoms with Crippen LogP contribution < -0.4 is 0 Å². The van der Waals surface area contributed by atoms with Gasteiger partial charge < -0.3 is 0 Å². The average molecular weight is 444 g/mol. The Morgan fingerprint density at radius 1 is 0.781 bits per heavy atom. The highest BCUT2D eigenvalue weighted by Gasteiger charge is 2.26. The lowest BCUT2D eigenvalue weighted by atomic mass is 9.79. The normalized spacial score (nSPS) is 15.2. The maximum Gasteiger partial charge on any atom is 0.194 e. The highest BCUT2D eigenvalue weighted by atomic mass is 19.2. The monoisotopic (exact) mass is 444 g/mol. The van der Waals surface area contributed by atoms with E-state index in [-0.39, 0.29) is 22.6 Å². The van der Waals surface area contributed by atoms with Crippen molar-refractivity contribution in [1.82, 2.24) is 0 Å². The Hall–Kier alpha value is -3.20. The highest BCUT2D eigenvalue weighted by molar-refractivity contribution is 5.48. The molecule has 0 aromatic heterocycles. The first-order valence-electron chi connectivity index (χ1n) is 10.2. The first-order chi connectivity index (χ1) is 15.3. The molecule has 3 aromatic rings. The van der Waals surface area contributed by atoms with Crippen molar-refractivity contribution in [3.63, 3.8) is 0 Å². The minimum Gasteiger partial charge on any atom is -0.206 e. The van der Waals surface area contributed by atoms with E-state index in [0.717, 1.165) is 17.7 Å². The predicted molar refractivity (Wildman–Crippen MR) is 109 cm³/mol. The van der Waals surface area contributed by atoms with Crippen molar-refractivity contribution in [1.29, 1.82) is 0 Å². The summed E-state index contributed by atoms with van der Waals surface area (Å²) >= 11 is 0. The minimum absolute atomic E-state index is 0.0388. The number of fused-ring (bicyclic) bond motifs is 1. The Balaban J connectivity index is 1.61. The number of hydrogen-bond donors (Lipinski definition) is 0. The fourth-order valence-corrected chi connectivity index (χ4v) is 4.10. The molecule has 32 heavy (non-hydrogen) atoms. The summed E-state index contributed by atoms with van der Waals surface area (Å²) in [6.07, 6.45) is 1.83. The van der Waals surface area contributed by atoms with Crippen LogP contribution in [0.25, 0.3) is 0 Å². The van der Waals surface area contributed by atoms with Crippen LogP contribution in [0.4, 0.5) is 26.3 Å². The molecule has 0 heterocycles. The summed E-state index contributed by atoms with van der Waals surface area (Å²) in [4.78, 5) is 0. The second kappa shape index (κ2) is 8.74. The summed E-state index contributed by atoms with van der Waals surface area (Å²) < 4.78 is 83.1.